The second-order valence-electron chi connectivity index (χ2n) is 6.30. The molecular formula is C21H19BrClN3O5. The molecule has 0 radical (unpaired) electrons. The molecule has 2 aromatic carbocycles. The molecule has 0 unspecified atom stereocenters. The third-order valence-electron chi connectivity index (χ3n) is 4.33. The van der Waals surface area contributed by atoms with E-state index in [2.05, 4.69) is 30.8 Å². The summed E-state index contributed by atoms with van der Waals surface area (Å²) in [6.07, 6.45) is 1.90. The number of aromatic nitrogens is 2. The molecule has 3 aromatic rings. The lowest BCUT2D eigenvalue weighted by atomic mass is 10.2. The molecule has 0 aliphatic rings. The Labute approximate surface area is 191 Å². The molecule has 1 aromatic heterocycles. The molecule has 0 N–H and O–H groups in total. The quantitative estimate of drug-likeness (QED) is 0.356. The summed E-state index contributed by atoms with van der Waals surface area (Å²) in [7, 11) is 2.71. The van der Waals surface area contributed by atoms with Crippen molar-refractivity contribution in [3.8, 4) is 11.5 Å². The lowest BCUT2D eigenvalue weighted by Crippen LogP contribution is -2.22. The van der Waals surface area contributed by atoms with E-state index in [9.17, 15) is 9.59 Å². The Kier molecular flexibility index (Phi) is 7.29. The molecule has 8 nitrogen and oxygen atoms in total. The van der Waals surface area contributed by atoms with Crippen LogP contribution in [0.4, 0.5) is 0 Å². The maximum Gasteiger partial charge on any atom is 0.343 e. The molecule has 10 heteroatoms. The van der Waals surface area contributed by atoms with Crippen LogP contribution < -0.4 is 15.0 Å². The highest BCUT2D eigenvalue weighted by Crippen LogP contribution is 2.34. The van der Waals surface area contributed by atoms with Crippen LogP contribution in [0.5, 0.6) is 11.5 Å². The number of fused-ring (bicyclic) bond motifs is 1. The molecule has 0 fully saturated rings. The molecule has 1 heterocycles. The van der Waals surface area contributed by atoms with Crippen molar-refractivity contribution in [3.63, 3.8) is 0 Å². The van der Waals surface area contributed by atoms with Gasteiger partial charge in [0.05, 0.1) is 31.3 Å². The van der Waals surface area contributed by atoms with E-state index in [1.54, 1.807) is 24.3 Å². The van der Waals surface area contributed by atoms with E-state index in [-0.39, 0.29) is 17.9 Å². The molecule has 0 amide bonds. The number of nitrogens with zero attached hydrogens (tertiary/aromatic N) is 3. The lowest BCUT2D eigenvalue weighted by molar-refractivity contribution is -0.142. The van der Waals surface area contributed by atoms with Crippen LogP contribution in [-0.4, -0.2) is 42.7 Å². The first kappa shape index (κ1) is 22.8. The van der Waals surface area contributed by atoms with Gasteiger partial charge in [0.15, 0.2) is 18.1 Å². The largest absolute Gasteiger partial charge is 0.493 e. The smallest absolute Gasteiger partial charge is 0.343 e. The number of halogens is 2. The van der Waals surface area contributed by atoms with Crippen molar-refractivity contribution in [2.45, 2.75) is 13.3 Å². The van der Waals surface area contributed by atoms with Crippen LogP contribution in [0.2, 0.25) is 5.02 Å². The number of esters is 1. The number of benzene rings is 2. The van der Waals surface area contributed by atoms with Gasteiger partial charge in [-0.3, -0.25) is 4.79 Å². The van der Waals surface area contributed by atoms with Crippen molar-refractivity contribution in [3.05, 3.63) is 61.6 Å². The Hall–Kier alpha value is -2.91. The van der Waals surface area contributed by atoms with Crippen LogP contribution in [0.15, 0.2) is 44.7 Å². The van der Waals surface area contributed by atoms with Gasteiger partial charge in [-0.1, -0.05) is 34.5 Å². The Morgan fingerprint density at radius 1 is 1.29 bits per heavy atom. The second kappa shape index (κ2) is 9.93. The van der Waals surface area contributed by atoms with E-state index in [0.29, 0.717) is 39.5 Å². The number of hydrogen-bond acceptors (Lipinski definition) is 7. The van der Waals surface area contributed by atoms with E-state index in [1.165, 1.54) is 25.1 Å². The van der Waals surface area contributed by atoms with Gasteiger partial charge in [0.1, 0.15) is 5.82 Å². The zero-order valence-electron chi connectivity index (χ0n) is 17.0. The first-order valence-electron chi connectivity index (χ1n) is 9.20. The summed E-state index contributed by atoms with van der Waals surface area (Å²) in [6, 6.07) is 8.43. The van der Waals surface area contributed by atoms with Crippen molar-refractivity contribution in [2.24, 2.45) is 5.10 Å². The van der Waals surface area contributed by atoms with Gasteiger partial charge in [0, 0.05) is 27.5 Å². The van der Waals surface area contributed by atoms with Crippen molar-refractivity contribution in [1.29, 1.82) is 0 Å². The van der Waals surface area contributed by atoms with Crippen molar-refractivity contribution in [1.82, 2.24) is 9.66 Å². The van der Waals surface area contributed by atoms with E-state index in [0.717, 1.165) is 4.47 Å². The number of carbonyl (C=O) groups is 1. The number of methoxy groups -OCH3 is 2. The Morgan fingerprint density at radius 2 is 2.06 bits per heavy atom. The average molecular weight is 509 g/mol. The summed E-state index contributed by atoms with van der Waals surface area (Å²) in [5, 5.41) is 5.14. The van der Waals surface area contributed by atoms with Gasteiger partial charge in [0.25, 0.3) is 5.56 Å². The molecule has 0 atom stereocenters. The Bertz CT molecular complexity index is 1230. The highest BCUT2D eigenvalue weighted by molar-refractivity contribution is 9.10. The maximum atomic E-state index is 13.1. The molecule has 31 heavy (non-hydrogen) atoms. The number of rotatable bonds is 7. The normalized spacial score (nSPS) is 11.1. The zero-order valence-corrected chi connectivity index (χ0v) is 19.4. The summed E-state index contributed by atoms with van der Waals surface area (Å²) in [5.41, 5.74) is 0.685. The van der Waals surface area contributed by atoms with Crippen LogP contribution in [-0.2, 0) is 16.0 Å². The van der Waals surface area contributed by atoms with Gasteiger partial charge in [-0.05, 0) is 24.3 Å². The minimum absolute atomic E-state index is 0.239. The molecule has 0 saturated carbocycles. The minimum atomic E-state index is -0.561. The maximum absolute atomic E-state index is 13.1. The van der Waals surface area contributed by atoms with Crippen molar-refractivity contribution in [2.75, 3.05) is 20.8 Å². The molecule has 3 rings (SSSR count). The van der Waals surface area contributed by atoms with E-state index >= 15 is 0 Å². The van der Waals surface area contributed by atoms with E-state index in [4.69, 9.17) is 21.1 Å². The molecule has 0 bridgehead atoms. The molecular weight excluding hydrogens is 490 g/mol. The van der Waals surface area contributed by atoms with E-state index in [1.807, 2.05) is 13.0 Å². The fraction of sp³-hybridized carbons (Fsp3) is 0.238. The van der Waals surface area contributed by atoms with Gasteiger partial charge in [-0.25, -0.2) is 9.78 Å². The minimum Gasteiger partial charge on any atom is -0.493 e. The first-order valence-corrected chi connectivity index (χ1v) is 10.4. The molecule has 0 saturated heterocycles. The highest BCUT2D eigenvalue weighted by Gasteiger charge is 2.15. The summed E-state index contributed by atoms with van der Waals surface area (Å²) < 4.78 is 17.5. The average Bonchev–Trinajstić information content (AvgIpc) is 2.77. The van der Waals surface area contributed by atoms with Gasteiger partial charge in [-0.15, -0.1) is 0 Å². The third kappa shape index (κ3) is 5.05. The van der Waals surface area contributed by atoms with Crippen LogP contribution in [0, 0.1) is 0 Å². The fourth-order valence-corrected chi connectivity index (χ4v) is 3.42. The van der Waals surface area contributed by atoms with E-state index < -0.39 is 5.97 Å². The molecule has 0 spiro atoms. The molecule has 162 valence electrons. The summed E-state index contributed by atoms with van der Waals surface area (Å²) >= 11 is 9.56. The standard InChI is InChI=1S/C21H19BrClN3O5/c1-4-18-25-16-6-5-13(22)8-15(16)21(28)26(18)24-10-12-7-14(23)9-17(29-2)20(12)31-11-19(27)30-3/h5-10H,4,11H2,1-3H3. The van der Waals surface area contributed by atoms with Crippen molar-refractivity contribution < 1.29 is 19.0 Å². The summed E-state index contributed by atoms with van der Waals surface area (Å²) in [5.74, 6) is 0.473. The van der Waals surface area contributed by atoms with Crippen molar-refractivity contribution >= 4 is 50.6 Å². The molecule has 0 aliphatic carbocycles. The van der Waals surface area contributed by atoms with Crippen LogP contribution in [0.3, 0.4) is 0 Å². The Morgan fingerprint density at radius 3 is 2.74 bits per heavy atom. The number of aryl methyl sites for hydroxylation is 1. The van der Waals surface area contributed by atoms with Gasteiger partial charge >= 0.3 is 5.97 Å². The summed E-state index contributed by atoms with van der Waals surface area (Å²) in [4.78, 5) is 29.1. The number of ether oxygens (including phenoxy) is 3. The van der Waals surface area contributed by atoms with Crippen LogP contribution >= 0.6 is 27.5 Å². The van der Waals surface area contributed by atoms with Crippen LogP contribution in [0.1, 0.15) is 18.3 Å². The predicted octanol–water partition coefficient (Wildman–Crippen LogP) is 3.82. The highest BCUT2D eigenvalue weighted by atomic mass is 79.9. The second-order valence-corrected chi connectivity index (χ2v) is 7.65. The Balaban J connectivity index is 2.11. The monoisotopic (exact) mass is 507 g/mol. The zero-order chi connectivity index (χ0) is 22.5. The van der Waals surface area contributed by atoms with Gasteiger partial charge < -0.3 is 14.2 Å². The lowest BCUT2D eigenvalue weighted by Gasteiger charge is -2.13. The number of carbonyl (C=O) groups excluding carboxylic acids is 1. The summed E-state index contributed by atoms with van der Waals surface area (Å²) in [6.45, 7) is 1.55. The third-order valence-corrected chi connectivity index (χ3v) is 5.05. The number of hydrogen-bond donors (Lipinski definition) is 0. The van der Waals surface area contributed by atoms with Crippen LogP contribution in [0.25, 0.3) is 10.9 Å². The van der Waals surface area contributed by atoms with Gasteiger partial charge in [-0.2, -0.15) is 9.78 Å². The fourth-order valence-electron chi connectivity index (χ4n) is 2.84. The predicted molar refractivity (Wildman–Crippen MR) is 122 cm³/mol. The SMILES string of the molecule is CCc1nc2ccc(Br)cc2c(=O)n1N=Cc1cc(Cl)cc(OC)c1OCC(=O)OC. The van der Waals surface area contributed by atoms with Gasteiger partial charge in [0.2, 0.25) is 0 Å². The first-order chi connectivity index (χ1) is 14.9. The molecule has 0 aliphatic heterocycles. The topological polar surface area (TPSA) is 92.0 Å².